The maximum absolute atomic E-state index is 6.53. The van der Waals surface area contributed by atoms with Gasteiger partial charge in [0.2, 0.25) is 0 Å². The standard InChI is InChI=1S/C19H29NO2S/c1-15(20-17-9-13-23-14-10-17)19(16-5-3-2-4-6-16)22-18-7-11-21-12-8-18/h2-6,15,17-20H,7-14H2,1H3. The molecular formula is C19H29NO2S. The van der Waals surface area contributed by atoms with Crippen LogP contribution in [0.3, 0.4) is 0 Å². The van der Waals surface area contributed by atoms with Crippen LogP contribution in [0.5, 0.6) is 0 Å². The minimum absolute atomic E-state index is 0.119. The van der Waals surface area contributed by atoms with Gasteiger partial charge in [0.05, 0.1) is 12.2 Å². The number of thioether (sulfide) groups is 1. The Bertz CT molecular complexity index is 444. The SMILES string of the molecule is CC(NC1CCSCC1)C(OC1CCOCC1)c1ccccc1. The smallest absolute Gasteiger partial charge is 0.0978 e. The van der Waals surface area contributed by atoms with E-state index in [0.717, 1.165) is 26.1 Å². The highest BCUT2D eigenvalue weighted by molar-refractivity contribution is 7.99. The predicted molar refractivity (Wildman–Crippen MR) is 97.1 cm³/mol. The Labute approximate surface area is 144 Å². The minimum atomic E-state index is 0.119. The van der Waals surface area contributed by atoms with E-state index in [1.54, 1.807) is 0 Å². The van der Waals surface area contributed by atoms with Gasteiger partial charge in [0.1, 0.15) is 0 Å². The van der Waals surface area contributed by atoms with Crippen molar-refractivity contribution in [1.82, 2.24) is 5.32 Å². The molecule has 2 fully saturated rings. The van der Waals surface area contributed by atoms with Crippen LogP contribution >= 0.6 is 11.8 Å². The average molecular weight is 336 g/mol. The van der Waals surface area contributed by atoms with Crippen molar-refractivity contribution in [3.8, 4) is 0 Å². The first-order chi connectivity index (χ1) is 11.3. The van der Waals surface area contributed by atoms with Crippen LogP contribution in [0.1, 0.15) is 44.3 Å². The topological polar surface area (TPSA) is 30.5 Å². The summed E-state index contributed by atoms with van der Waals surface area (Å²) in [5.41, 5.74) is 1.28. The fourth-order valence-electron chi connectivity index (χ4n) is 3.47. The van der Waals surface area contributed by atoms with Crippen molar-refractivity contribution in [2.45, 2.75) is 56.9 Å². The molecule has 1 N–H and O–H groups in total. The van der Waals surface area contributed by atoms with Crippen molar-refractivity contribution in [3.05, 3.63) is 35.9 Å². The molecule has 3 nitrogen and oxygen atoms in total. The Morgan fingerprint density at radius 1 is 1.09 bits per heavy atom. The summed E-state index contributed by atoms with van der Waals surface area (Å²) in [6, 6.07) is 11.6. The van der Waals surface area contributed by atoms with Crippen molar-refractivity contribution in [3.63, 3.8) is 0 Å². The number of nitrogens with one attached hydrogen (secondary N) is 1. The van der Waals surface area contributed by atoms with Crippen LogP contribution in [0.15, 0.2) is 30.3 Å². The molecule has 23 heavy (non-hydrogen) atoms. The molecule has 1 aromatic carbocycles. The fourth-order valence-corrected chi connectivity index (χ4v) is 4.58. The van der Waals surface area contributed by atoms with Crippen molar-refractivity contribution in [2.24, 2.45) is 0 Å². The summed E-state index contributed by atoms with van der Waals surface area (Å²) in [6.45, 7) is 3.93. The first-order valence-corrected chi connectivity index (χ1v) is 10.1. The number of rotatable bonds is 6. The van der Waals surface area contributed by atoms with Gasteiger partial charge in [0, 0.05) is 25.3 Å². The second-order valence-corrected chi connectivity index (χ2v) is 7.85. The molecule has 2 saturated heterocycles. The highest BCUT2D eigenvalue weighted by Crippen LogP contribution is 2.27. The van der Waals surface area contributed by atoms with E-state index >= 15 is 0 Å². The summed E-state index contributed by atoms with van der Waals surface area (Å²) in [7, 11) is 0. The molecule has 0 saturated carbocycles. The molecule has 4 heteroatoms. The summed E-state index contributed by atoms with van der Waals surface area (Å²) >= 11 is 2.07. The van der Waals surface area contributed by atoms with Crippen molar-refractivity contribution in [2.75, 3.05) is 24.7 Å². The average Bonchev–Trinajstić information content (AvgIpc) is 2.62. The van der Waals surface area contributed by atoms with Gasteiger partial charge in [-0.3, -0.25) is 0 Å². The van der Waals surface area contributed by atoms with Crippen LogP contribution in [-0.2, 0) is 9.47 Å². The van der Waals surface area contributed by atoms with Gasteiger partial charge < -0.3 is 14.8 Å². The Morgan fingerprint density at radius 2 is 1.78 bits per heavy atom. The molecule has 0 aromatic heterocycles. The van der Waals surface area contributed by atoms with Crippen LogP contribution in [0.4, 0.5) is 0 Å². The quantitative estimate of drug-likeness (QED) is 0.857. The lowest BCUT2D eigenvalue weighted by atomic mass is 10.0. The van der Waals surface area contributed by atoms with Crippen LogP contribution < -0.4 is 5.32 Å². The number of ether oxygens (including phenoxy) is 2. The minimum Gasteiger partial charge on any atom is -0.381 e. The summed E-state index contributed by atoms with van der Waals surface area (Å²) in [5.74, 6) is 2.56. The van der Waals surface area contributed by atoms with E-state index in [1.807, 2.05) is 0 Å². The monoisotopic (exact) mass is 335 g/mol. The molecule has 1 aromatic rings. The lowest BCUT2D eigenvalue weighted by molar-refractivity contribution is -0.0805. The zero-order valence-corrected chi connectivity index (χ0v) is 14.9. The number of benzene rings is 1. The Kier molecular flexibility index (Phi) is 6.81. The molecule has 128 valence electrons. The zero-order valence-electron chi connectivity index (χ0n) is 14.1. The normalized spacial score (nSPS) is 23.5. The summed E-state index contributed by atoms with van der Waals surface area (Å²) in [4.78, 5) is 0. The first kappa shape index (κ1) is 17.3. The first-order valence-electron chi connectivity index (χ1n) is 8.95. The highest BCUT2D eigenvalue weighted by Gasteiger charge is 2.27. The van der Waals surface area contributed by atoms with Gasteiger partial charge in [-0.05, 0) is 49.7 Å². The van der Waals surface area contributed by atoms with E-state index in [0.29, 0.717) is 18.2 Å². The second-order valence-electron chi connectivity index (χ2n) is 6.62. The number of hydrogen-bond donors (Lipinski definition) is 1. The van der Waals surface area contributed by atoms with Gasteiger partial charge in [-0.2, -0.15) is 11.8 Å². The van der Waals surface area contributed by atoms with Crippen molar-refractivity contribution >= 4 is 11.8 Å². The lowest BCUT2D eigenvalue weighted by Crippen LogP contribution is -2.43. The van der Waals surface area contributed by atoms with E-state index in [9.17, 15) is 0 Å². The third-order valence-electron chi connectivity index (χ3n) is 4.81. The molecule has 2 unspecified atom stereocenters. The molecule has 2 atom stereocenters. The maximum atomic E-state index is 6.53. The fraction of sp³-hybridized carbons (Fsp3) is 0.684. The molecule has 0 aliphatic carbocycles. The molecule has 3 rings (SSSR count). The number of hydrogen-bond acceptors (Lipinski definition) is 4. The van der Waals surface area contributed by atoms with E-state index in [2.05, 4.69) is 54.3 Å². The Balaban J connectivity index is 1.65. The largest absolute Gasteiger partial charge is 0.381 e. The van der Waals surface area contributed by atoms with Gasteiger partial charge in [-0.15, -0.1) is 0 Å². The van der Waals surface area contributed by atoms with Crippen LogP contribution in [0.2, 0.25) is 0 Å². The van der Waals surface area contributed by atoms with Crippen molar-refractivity contribution in [1.29, 1.82) is 0 Å². The van der Waals surface area contributed by atoms with E-state index in [1.165, 1.54) is 29.9 Å². The van der Waals surface area contributed by atoms with Crippen LogP contribution in [0, 0.1) is 0 Å². The zero-order chi connectivity index (χ0) is 15.9. The summed E-state index contributed by atoms with van der Waals surface area (Å²) in [5, 5.41) is 3.84. The molecular weight excluding hydrogens is 306 g/mol. The van der Waals surface area contributed by atoms with Crippen LogP contribution in [0.25, 0.3) is 0 Å². The molecule has 2 aliphatic rings. The molecule has 2 aliphatic heterocycles. The molecule has 2 heterocycles. The van der Waals surface area contributed by atoms with Gasteiger partial charge in [-0.1, -0.05) is 30.3 Å². The Hall–Kier alpha value is -0.550. The predicted octanol–water partition coefficient (Wildman–Crippen LogP) is 3.80. The second kappa shape index (κ2) is 9.07. The summed E-state index contributed by atoms with van der Waals surface area (Å²) < 4.78 is 12.0. The third-order valence-corrected chi connectivity index (χ3v) is 5.86. The molecule has 0 amide bonds. The van der Waals surface area contributed by atoms with E-state index in [4.69, 9.17) is 9.47 Å². The van der Waals surface area contributed by atoms with Gasteiger partial charge in [-0.25, -0.2) is 0 Å². The molecule has 0 radical (unpaired) electrons. The lowest BCUT2D eigenvalue weighted by Gasteiger charge is -2.34. The molecule has 0 spiro atoms. The van der Waals surface area contributed by atoms with Crippen LogP contribution in [-0.4, -0.2) is 42.9 Å². The van der Waals surface area contributed by atoms with Gasteiger partial charge >= 0.3 is 0 Å². The maximum Gasteiger partial charge on any atom is 0.0978 e. The third kappa shape index (κ3) is 5.21. The van der Waals surface area contributed by atoms with E-state index < -0.39 is 0 Å². The molecule has 0 bridgehead atoms. The Morgan fingerprint density at radius 3 is 2.48 bits per heavy atom. The van der Waals surface area contributed by atoms with Gasteiger partial charge in [0.15, 0.2) is 0 Å². The van der Waals surface area contributed by atoms with Crippen molar-refractivity contribution < 1.29 is 9.47 Å². The highest BCUT2D eigenvalue weighted by atomic mass is 32.2. The van der Waals surface area contributed by atoms with E-state index in [-0.39, 0.29) is 6.10 Å². The summed E-state index contributed by atoms with van der Waals surface area (Å²) in [6.07, 6.45) is 5.00. The van der Waals surface area contributed by atoms with Gasteiger partial charge in [0.25, 0.3) is 0 Å².